The van der Waals surface area contributed by atoms with Crippen LogP contribution in [0.5, 0.6) is 11.6 Å². The quantitative estimate of drug-likeness (QED) is 0.775. The van der Waals surface area contributed by atoms with Crippen molar-refractivity contribution in [2.75, 3.05) is 7.05 Å². The zero-order valence-corrected chi connectivity index (χ0v) is 12.4. The van der Waals surface area contributed by atoms with E-state index in [1.807, 2.05) is 49.6 Å². The van der Waals surface area contributed by atoms with Gasteiger partial charge in [0.25, 0.3) is 0 Å². The summed E-state index contributed by atoms with van der Waals surface area (Å²) in [6, 6.07) is 15.5. The van der Waals surface area contributed by atoms with E-state index < -0.39 is 0 Å². The van der Waals surface area contributed by atoms with Gasteiger partial charge < -0.3 is 10.1 Å². The zero-order chi connectivity index (χ0) is 14.7. The molecule has 0 bridgehead atoms. The predicted octanol–water partition coefficient (Wildman–Crippen LogP) is 4.40. The molecule has 0 amide bonds. The third kappa shape index (κ3) is 2.84. The van der Waals surface area contributed by atoms with E-state index in [4.69, 9.17) is 16.3 Å². The van der Waals surface area contributed by atoms with Gasteiger partial charge in [-0.2, -0.15) is 0 Å². The van der Waals surface area contributed by atoms with Gasteiger partial charge in [0.05, 0.1) is 5.02 Å². The summed E-state index contributed by atoms with van der Waals surface area (Å²) in [6.07, 6.45) is 1.84. The highest BCUT2D eigenvalue weighted by Crippen LogP contribution is 2.33. The third-order valence-electron chi connectivity index (χ3n) is 3.25. The van der Waals surface area contributed by atoms with Crippen molar-refractivity contribution in [3.63, 3.8) is 0 Å². The normalized spacial score (nSPS) is 10.8. The van der Waals surface area contributed by atoms with Crippen molar-refractivity contribution >= 4 is 22.4 Å². The van der Waals surface area contributed by atoms with Gasteiger partial charge in [-0.15, -0.1) is 0 Å². The molecule has 0 aliphatic heterocycles. The lowest BCUT2D eigenvalue weighted by Gasteiger charge is -2.11. The van der Waals surface area contributed by atoms with Crippen LogP contribution < -0.4 is 10.1 Å². The van der Waals surface area contributed by atoms with Gasteiger partial charge in [-0.25, -0.2) is 4.98 Å². The van der Waals surface area contributed by atoms with E-state index in [0.717, 1.165) is 22.9 Å². The van der Waals surface area contributed by atoms with Crippen molar-refractivity contribution in [3.05, 3.63) is 65.3 Å². The van der Waals surface area contributed by atoms with E-state index in [2.05, 4.69) is 16.4 Å². The summed E-state index contributed by atoms with van der Waals surface area (Å²) < 4.78 is 5.89. The van der Waals surface area contributed by atoms with Crippen molar-refractivity contribution in [1.82, 2.24) is 10.3 Å². The van der Waals surface area contributed by atoms with Crippen molar-refractivity contribution in [2.24, 2.45) is 0 Å². The molecular weight excluding hydrogens is 284 g/mol. The van der Waals surface area contributed by atoms with Crippen LogP contribution in [0.25, 0.3) is 10.8 Å². The lowest BCUT2D eigenvalue weighted by atomic mass is 10.1. The molecule has 0 aliphatic carbocycles. The van der Waals surface area contributed by atoms with Gasteiger partial charge >= 0.3 is 0 Å². The van der Waals surface area contributed by atoms with Gasteiger partial charge in [0.15, 0.2) is 0 Å². The number of nitrogens with one attached hydrogen (secondary N) is 1. The van der Waals surface area contributed by atoms with Crippen LogP contribution in [0.15, 0.2) is 54.7 Å². The Hall–Kier alpha value is -2.10. The average molecular weight is 299 g/mol. The maximum Gasteiger partial charge on any atom is 0.227 e. The first kappa shape index (κ1) is 13.9. The summed E-state index contributed by atoms with van der Waals surface area (Å²) in [5.41, 5.74) is 1.14. The van der Waals surface area contributed by atoms with Gasteiger partial charge in [-0.05, 0) is 36.2 Å². The van der Waals surface area contributed by atoms with Gasteiger partial charge in [0, 0.05) is 18.1 Å². The molecule has 0 saturated carbocycles. The van der Waals surface area contributed by atoms with Crippen LogP contribution in [0, 0.1) is 0 Å². The molecule has 0 aliphatic rings. The van der Waals surface area contributed by atoms with E-state index in [1.165, 1.54) is 0 Å². The Morgan fingerprint density at radius 1 is 1.05 bits per heavy atom. The molecule has 3 nitrogen and oxygen atoms in total. The van der Waals surface area contributed by atoms with Crippen molar-refractivity contribution < 1.29 is 4.74 Å². The highest BCUT2D eigenvalue weighted by atomic mass is 35.5. The zero-order valence-electron chi connectivity index (χ0n) is 11.6. The van der Waals surface area contributed by atoms with Crippen LogP contribution in [0.1, 0.15) is 5.56 Å². The van der Waals surface area contributed by atoms with Crippen LogP contribution in [0.2, 0.25) is 5.02 Å². The van der Waals surface area contributed by atoms with Gasteiger partial charge in [0.2, 0.25) is 5.88 Å². The molecule has 1 heterocycles. The molecule has 0 unspecified atom stereocenters. The second kappa shape index (κ2) is 6.12. The number of ether oxygens (including phenoxy) is 1. The minimum absolute atomic E-state index is 0.568. The minimum atomic E-state index is 0.568. The molecule has 0 saturated heterocycles. The van der Waals surface area contributed by atoms with Gasteiger partial charge in [0.1, 0.15) is 5.75 Å². The Bertz CT molecular complexity index is 774. The fourth-order valence-electron chi connectivity index (χ4n) is 2.27. The topological polar surface area (TPSA) is 34.2 Å². The summed E-state index contributed by atoms with van der Waals surface area (Å²) >= 11 is 6.14. The number of nitrogens with zero attached hydrogens (tertiary/aromatic N) is 1. The SMILES string of the molecule is CNCc1cnc(Oc2ccccc2Cl)c2ccccc12. The molecule has 3 rings (SSSR count). The number of benzene rings is 2. The largest absolute Gasteiger partial charge is 0.437 e. The Labute approximate surface area is 128 Å². The Morgan fingerprint density at radius 3 is 2.52 bits per heavy atom. The molecule has 2 aromatic carbocycles. The van der Waals surface area contributed by atoms with E-state index in [0.29, 0.717) is 16.7 Å². The maximum atomic E-state index is 6.14. The number of halogens is 1. The molecule has 0 fully saturated rings. The van der Waals surface area contributed by atoms with Gasteiger partial charge in [-0.3, -0.25) is 0 Å². The van der Waals surface area contributed by atoms with E-state index in [9.17, 15) is 0 Å². The highest BCUT2D eigenvalue weighted by molar-refractivity contribution is 6.32. The minimum Gasteiger partial charge on any atom is -0.437 e. The molecular formula is C17H15ClN2O. The maximum absolute atomic E-state index is 6.14. The molecule has 3 aromatic rings. The lowest BCUT2D eigenvalue weighted by Crippen LogP contribution is -2.06. The Morgan fingerprint density at radius 2 is 1.76 bits per heavy atom. The summed E-state index contributed by atoms with van der Waals surface area (Å²) in [5, 5.41) is 5.83. The second-order valence-corrected chi connectivity index (χ2v) is 5.10. The second-order valence-electron chi connectivity index (χ2n) is 4.70. The Kier molecular flexibility index (Phi) is 4.04. The van der Waals surface area contributed by atoms with Crippen LogP contribution >= 0.6 is 11.6 Å². The number of fused-ring (bicyclic) bond motifs is 1. The first-order valence-electron chi connectivity index (χ1n) is 6.73. The van der Waals surface area contributed by atoms with E-state index in [-0.39, 0.29) is 0 Å². The van der Waals surface area contributed by atoms with Crippen LogP contribution in [-0.4, -0.2) is 12.0 Å². The first-order valence-corrected chi connectivity index (χ1v) is 7.11. The van der Waals surface area contributed by atoms with Crippen LogP contribution in [-0.2, 0) is 6.54 Å². The van der Waals surface area contributed by atoms with Gasteiger partial charge in [-0.1, -0.05) is 41.9 Å². The van der Waals surface area contributed by atoms with Crippen LogP contribution in [0.4, 0.5) is 0 Å². The predicted molar refractivity (Wildman–Crippen MR) is 86.0 cm³/mol. The number of rotatable bonds is 4. The van der Waals surface area contributed by atoms with Crippen LogP contribution in [0.3, 0.4) is 0 Å². The smallest absolute Gasteiger partial charge is 0.227 e. The average Bonchev–Trinajstić information content (AvgIpc) is 2.52. The molecule has 0 atom stereocenters. The number of pyridine rings is 1. The number of hydrogen-bond acceptors (Lipinski definition) is 3. The fourth-order valence-corrected chi connectivity index (χ4v) is 2.44. The summed E-state index contributed by atoms with van der Waals surface area (Å²) in [6.45, 7) is 0.764. The first-order chi connectivity index (χ1) is 10.3. The third-order valence-corrected chi connectivity index (χ3v) is 3.56. The summed E-state index contributed by atoms with van der Waals surface area (Å²) in [4.78, 5) is 4.44. The molecule has 0 radical (unpaired) electrons. The summed E-state index contributed by atoms with van der Waals surface area (Å²) in [7, 11) is 1.92. The van der Waals surface area contributed by atoms with Crippen molar-refractivity contribution in [1.29, 1.82) is 0 Å². The molecule has 1 N–H and O–H groups in total. The monoisotopic (exact) mass is 298 g/mol. The number of para-hydroxylation sites is 1. The Balaban J connectivity index is 2.08. The molecule has 106 valence electrons. The van der Waals surface area contributed by atoms with E-state index in [1.54, 1.807) is 6.07 Å². The number of hydrogen-bond donors (Lipinski definition) is 1. The lowest BCUT2D eigenvalue weighted by molar-refractivity contribution is 0.469. The fraction of sp³-hybridized carbons (Fsp3) is 0.118. The molecule has 0 spiro atoms. The standard InChI is InChI=1S/C17H15ClN2O/c1-19-10-12-11-20-17(14-7-3-2-6-13(12)14)21-16-9-5-4-8-15(16)18/h2-9,11,19H,10H2,1H3. The summed E-state index contributed by atoms with van der Waals surface area (Å²) in [5.74, 6) is 1.18. The van der Waals surface area contributed by atoms with Crippen molar-refractivity contribution in [2.45, 2.75) is 6.54 Å². The molecule has 21 heavy (non-hydrogen) atoms. The molecule has 4 heteroatoms. The number of aromatic nitrogens is 1. The highest BCUT2D eigenvalue weighted by Gasteiger charge is 2.10. The van der Waals surface area contributed by atoms with Crippen molar-refractivity contribution in [3.8, 4) is 11.6 Å². The van der Waals surface area contributed by atoms with E-state index >= 15 is 0 Å². The molecule has 1 aromatic heterocycles.